The van der Waals surface area contributed by atoms with Crippen molar-refractivity contribution in [1.29, 1.82) is 0 Å². The first-order chi connectivity index (χ1) is 4.20. The topological polar surface area (TPSA) is 24.1 Å². The van der Waals surface area contributed by atoms with Gasteiger partial charge in [0.1, 0.15) is 0 Å². The van der Waals surface area contributed by atoms with Crippen LogP contribution in [-0.4, -0.2) is 24.7 Å². The van der Waals surface area contributed by atoms with Crippen molar-refractivity contribution in [2.45, 2.75) is 38.9 Å². The fourth-order valence-corrected chi connectivity index (χ4v) is 1.19. The Morgan fingerprint density at radius 3 is 2.22 bits per heavy atom. The van der Waals surface area contributed by atoms with Gasteiger partial charge in [-0.25, -0.2) is 0 Å². The molecule has 1 rings (SSSR count). The largest absolute Gasteiger partial charge is 0.311 e. The fraction of sp³-hybridized carbons (Fsp3) is 1.00. The molecule has 9 heavy (non-hydrogen) atoms. The summed E-state index contributed by atoms with van der Waals surface area (Å²) in [7, 11) is 0. The highest BCUT2D eigenvalue weighted by Crippen LogP contribution is 1.99. The van der Waals surface area contributed by atoms with Gasteiger partial charge in [-0.3, -0.25) is 0 Å². The van der Waals surface area contributed by atoms with E-state index in [1.165, 1.54) is 0 Å². The van der Waals surface area contributed by atoms with Crippen molar-refractivity contribution in [1.82, 2.24) is 10.6 Å². The Hall–Kier alpha value is -0.0800. The van der Waals surface area contributed by atoms with Crippen LogP contribution in [0.1, 0.15) is 20.8 Å². The average molecular weight is 128 g/mol. The zero-order chi connectivity index (χ0) is 6.85. The predicted octanol–water partition coefficient (Wildman–Crippen LogP) is 0.345. The maximum atomic E-state index is 3.47. The third-order valence-corrected chi connectivity index (χ3v) is 2.04. The zero-order valence-electron chi connectivity index (χ0n) is 6.44. The third kappa shape index (κ3) is 1.66. The minimum absolute atomic E-state index is 0.619. The number of hydrogen-bond acceptors (Lipinski definition) is 2. The van der Waals surface area contributed by atoms with E-state index in [4.69, 9.17) is 0 Å². The first-order valence-corrected chi connectivity index (χ1v) is 3.69. The SMILES string of the molecule is C[C@@H]1N[C@@H](C)CN[C@@H]1C. The second kappa shape index (κ2) is 2.67. The summed E-state index contributed by atoms with van der Waals surface area (Å²) < 4.78 is 0. The van der Waals surface area contributed by atoms with E-state index in [0.29, 0.717) is 18.1 Å². The van der Waals surface area contributed by atoms with Gasteiger partial charge in [-0.1, -0.05) is 0 Å². The highest BCUT2D eigenvalue weighted by Gasteiger charge is 2.18. The Morgan fingerprint density at radius 1 is 1.11 bits per heavy atom. The van der Waals surface area contributed by atoms with Crippen LogP contribution in [0.25, 0.3) is 0 Å². The molecule has 2 heteroatoms. The van der Waals surface area contributed by atoms with Gasteiger partial charge in [-0.2, -0.15) is 0 Å². The van der Waals surface area contributed by atoms with Crippen molar-refractivity contribution >= 4 is 0 Å². The maximum absolute atomic E-state index is 3.47. The monoisotopic (exact) mass is 128 g/mol. The molecule has 0 spiro atoms. The molecule has 0 radical (unpaired) electrons. The van der Waals surface area contributed by atoms with Crippen LogP contribution in [0.2, 0.25) is 0 Å². The van der Waals surface area contributed by atoms with Crippen LogP contribution in [0.3, 0.4) is 0 Å². The Bertz CT molecular complexity index is 92.9. The normalized spacial score (nSPS) is 45.0. The minimum atomic E-state index is 0.619. The number of piperazine rings is 1. The van der Waals surface area contributed by atoms with Gasteiger partial charge >= 0.3 is 0 Å². The van der Waals surface area contributed by atoms with Crippen molar-refractivity contribution in [3.05, 3.63) is 0 Å². The highest BCUT2D eigenvalue weighted by molar-refractivity contribution is 4.84. The van der Waals surface area contributed by atoms with E-state index in [9.17, 15) is 0 Å². The first kappa shape index (κ1) is 7.03. The highest BCUT2D eigenvalue weighted by atomic mass is 15.1. The zero-order valence-corrected chi connectivity index (χ0v) is 6.44. The summed E-state index contributed by atoms with van der Waals surface area (Å²) in [5, 5.41) is 6.89. The van der Waals surface area contributed by atoms with Crippen LogP contribution < -0.4 is 10.6 Å². The molecule has 0 aliphatic carbocycles. The summed E-state index contributed by atoms with van der Waals surface area (Å²) in [6, 6.07) is 1.88. The van der Waals surface area contributed by atoms with Gasteiger partial charge in [0.05, 0.1) is 0 Å². The second-order valence-corrected chi connectivity index (χ2v) is 3.05. The molecule has 2 nitrogen and oxygen atoms in total. The molecule has 0 saturated carbocycles. The van der Waals surface area contributed by atoms with E-state index in [2.05, 4.69) is 31.4 Å². The van der Waals surface area contributed by atoms with Crippen LogP contribution in [0.15, 0.2) is 0 Å². The van der Waals surface area contributed by atoms with Gasteiger partial charge in [0.15, 0.2) is 0 Å². The van der Waals surface area contributed by atoms with E-state index in [1.54, 1.807) is 0 Å². The molecule has 54 valence electrons. The molecule has 2 N–H and O–H groups in total. The van der Waals surface area contributed by atoms with Gasteiger partial charge in [0, 0.05) is 24.7 Å². The number of rotatable bonds is 0. The van der Waals surface area contributed by atoms with E-state index in [0.717, 1.165) is 6.54 Å². The molecule has 0 amide bonds. The fourth-order valence-electron chi connectivity index (χ4n) is 1.19. The lowest BCUT2D eigenvalue weighted by Gasteiger charge is -2.32. The Labute approximate surface area is 57.0 Å². The third-order valence-electron chi connectivity index (χ3n) is 2.04. The van der Waals surface area contributed by atoms with E-state index in [1.807, 2.05) is 0 Å². The van der Waals surface area contributed by atoms with E-state index < -0.39 is 0 Å². The lowest BCUT2D eigenvalue weighted by atomic mass is 10.1. The molecule has 1 fully saturated rings. The van der Waals surface area contributed by atoms with Gasteiger partial charge in [0.2, 0.25) is 0 Å². The van der Waals surface area contributed by atoms with Crippen LogP contribution in [0.4, 0.5) is 0 Å². The van der Waals surface area contributed by atoms with Crippen molar-refractivity contribution in [2.75, 3.05) is 6.54 Å². The smallest absolute Gasteiger partial charge is 0.0193 e. The van der Waals surface area contributed by atoms with Crippen LogP contribution in [-0.2, 0) is 0 Å². The summed E-state index contributed by atoms with van der Waals surface area (Å²) >= 11 is 0. The lowest BCUT2D eigenvalue weighted by molar-refractivity contribution is 0.305. The molecule has 0 aromatic rings. The minimum Gasteiger partial charge on any atom is -0.311 e. The van der Waals surface area contributed by atoms with Crippen LogP contribution in [0.5, 0.6) is 0 Å². The Morgan fingerprint density at radius 2 is 1.78 bits per heavy atom. The molecular weight excluding hydrogens is 112 g/mol. The molecule has 0 unspecified atom stereocenters. The lowest BCUT2D eigenvalue weighted by Crippen LogP contribution is -2.57. The van der Waals surface area contributed by atoms with Crippen LogP contribution in [0, 0.1) is 0 Å². The maximum Gasteiger partial charge on any atom is 0.0193 e. The molecule has 0 aromatic carbocycles. The quantitative estimate of drug-likeness (QED) is 0.492. The van der Waals surface area contributed by atoms with Crippen molar-refractivity contribution < 1.29 is 0 Å². The summed E-state index contributed by atoms with van der Waals surface area (Å²) in [6.07, 6.45) is 0. The van der Waals surface area contributed by atoms with E-state index in [-0.39, 0.29) is 0 Å². The molecule has 1 aliphatic heterocycles. The van der Waals surface area contributed by atoms with Crippen molar-refractivity contribution in [3.8, 4) is 0 Å². The first-order valence-electron chi connectivity index (χ1n) is 3.69. The Kier molecular flexibility index (Phi) is 2.09. The van der Waals surface area contributed by atoms with Gasteiger partial charge in [-0.15, -0.1) is 0 Å². The molecular formula is C7H16N2. The van der Waals surface area contributed by atoms with E-state index >= 15 is 0 Å². The number of hydrogen-bond donors (Lipinski definition) is 2. The predicted molar refractivity (Wildman–Crippen MR) is 39.5 cm³/mol. The summed E-state index contributed by atoms with van der Waals surface area (Å²) in [5.74, 6) is 0. The molecule has 1 saturated heterocycles. The van der Waals surface area contributed by atoms with Gasteiger partial charge in [-0.05, 0) is 20.8 Å². The molecule has 3 atom stereocenters. The summed E-state index contributed by atoms with van der Waals surface area (Å²) in [4.78, 5) is 0. The Balaban J connectivity index is 2.35. The second-order valence-electron chi connectivity index (χ2n) is 3.05. The van der Waals surface area contributed by atoms with Crippen molar-refractivity contribution in [3.63, 3.8) is 0 Å². The van der Waals surface area contributed by atoms with Gasteiger partial charge in [0.25, 0.3) is 0 Å². The standard InChI is InChI=1S/C7H16N2/c1-5-4-8-6(2)7(3)9-5/h5-9H,4H2,1-3H3/t5-,6+,7-/m0/s1. The van der Waals surface area contributed by atoms with Crippen LogP contribution >= 0.6 is 0 Å². The summed E-state index contributed by atoms with van der Waals surface area (Å²) in [5.41, 5.74) is 0. The van der Waals surface area contributed by atoms with Gasteiger partial charge < -0.3 is 10.6 Å². The molecule has 0 bridgehead atoms. The molecule has 1 aliphatic rings. The van der Waals surface area contributed by atoms with Crippen molar-refractivity contribution in [2.24, 2.45) is 0 Å². The number of nitrogens with one attached hydrogen (secondary N) is 2. The summed E-state index contributed by atoms with van der Waals surface area (Å²) in [6.45, 7) is 7.73. The molecule has 0 aromatic heterocycles. The average Bonchev–Trinajstić information content (AvgIpc) is 1.80. The molecule has 1 heterocycles.